The lowest BCUT2D eigenvalue weighted by molar-refractivity contribution is -0.385. The second-order valence-electron chi connectivity index (χ2n) is 23.7. The van der Waals surface area contributed by atoms with Gasteiger partial charge in [-0.05, 0) is 86.5 Å². The fourth-order valence-electron chi connectivity index (χ4n) is 14.8. The van der Waals surface area contributed by atoms with Gasteiger partial charge in [-0.2, -0.15) is 0 Å². The van der Waals surface area contributed by atoms with Crippen LogP contribution in [0, 0.1) is 28.1 Å². The number of hydrogen-bond acceptors (Lipinski definition) is 28. The molecule has 9 fully saturated rings. The molecule has 448 valence electrons. The molecule has 28 heteroatoms. The van der Waals surface area contributed by atoms with Gasteiger partial charge in [-0.1, -0.05) is 19.9 Å². The van der Waals surface area contributed by atoms with E-state index in [1.807, 2.05) is 6.92 Å². The molecule has 1 spiro atoms. The topological polar surface area (TPSA) is 453 Å². The number of rotatable bonds is 15. The summed E-state index contributed by atoms with van der Waals surface area (Å²) in [5.41, 5.74) is -2.58. The normalized spacial score (nSPS) is 54.5. The van der Waals surface area contributed by atoms with Crippen LogP contribution >= 0.6 is 0 Å². The van der Waals surface area contributed by atoms with Crippen LogP contribution in [0.2, 0.25) is 0 Å². The van der Waals surface area contributed by atoms with Crippen LogP contribution in [0.4, 0.5) is 0 Å². The number of fused-ring (bicyclic) bond motifs is 3. The fraction of sp³-hybridized carbons (Fsp3) is 0.940. The van der Waals surface area contributed by atoms with E-state index in [1.165, 1.54) is 0 Å². The molecule has 17 N–H and O–H groups in total. The average molecular weight is 1130 g/mol. The second kappa shape index (κ2) is 23.3. The maximum absolute atomic E-state index is 14.4. The van der Waals surface area contributed by atoms with Gasteiger partial charge in [0, 0.05) is 0 Å². The largest absolute Gasteiger partial charge is 0.432 e. The first-order valence-electron chi connectivity index (χ1n) is 26.9. The molecule has 31 atom stereocenters. The Morgan fingerprint density at radius 2 is 0.949 bits per heavy atom. The lowest BCUT2D eigenvalue weighted by Crippen LogP contribution is -2.66. The fourth-order valence-corrected chi connectivity index (χ4v) is 14.8. The van der Waals surface area contributed by atoms with Gasteiger partial charge in [0.25, 0.3) is 0 Å². The lowest BCUT2D eigenvalue weighted by atomic mass is 9.41. The summed E-state index contributed by atoms with van der Waals surface area (Å²) in [5.74, 6) is -0.917. The van der Waals surface area contributed by atoms with E-state index in [9.17, 15) is 91.6 Å². The van der Waals surface area contributed by atoms with Gasteiger partial charge in [-0.3, -0.25) is 4.79 Å². The number of carbonyl (C=O) groups excluding carboxylic acids is 1. The van der Waals surface area contributed by atoms with E-state index in [1.54, 1.807) is 0 Å². The highest BCUT2D eigenvalue weighted by Crippen LogP contribution is 2.74. The van der Waals surface area contributed by atoms with Gasteiger partial charge >= 0.3 is 5.97 Å². The zero-order valence-corrected chi connectivity index (χ0v) is 43.3. The van der Waals surface area contributed by atoms with Crippen molar-refractivity contribution in [1.29, 1.82) is 0 Å². The van der Waals surface area contributed by atoms with Crippen LogP contribution in [0.25, 0.3) is 0 Å². The number of carbonyl (C=O) groups is 1. The van der Waals surface area contributed by atoms with Crippen molar-refractivity contribution >= 4 is 5.97 Å². The van der Waals surface area contributed by atoms with Gasteiger partial charge in [0.2, 0.25) is 6.29 Å². The highest BCUT2D eigenvalue weighted by atomic mass is 16.8. The summed E-state index contributed by atoms with van der Waals surface area (Å²) in [6.45, 7) is 4.85. The summed E-state index contributed by atoms with van der Waals surface area (Å²) in [7, 11) is 0. The highest BCUT2D eigenvalue weighted by molar-refractivity contribution is 5.77. The summed E-state index contributed by atoms with van der Waals surface area (Å²) in [6, 6.07) is 0. The molecule has 28 nitrogen and oxygen atoms in total. The zero-order valence-electron chi connectivity index (χ0n) is 43.3. The predicted molar refractivity (Wildman–Crippen MR) is 252 cm³/mol. The van der Waals surface area contributed by atoms with Crippen LogP contribution in [0.3, 0.4) is 0 Å². The van der Waals surface area contributed by atoms with E-state index in [0.717, 1.165) is 6.42 Å². The lowest BCUT2D eigenvalue weighted by Gasteiger charge is -2.64. The van der Waals surface area contributed by atoms with Crippen LogP contribution < -0.4 is 0 Å². The Bertz CT molecular complexity index is 2070. The molecule has 0 radical (unpaired) electrons. The highest BCUT2D eigenvalue weighted by Gasteiger charge is 2.70. The van der Waals surface area contributed by atoms with Gasteiger partial charge in [-0.25, -0.2) is 0 Å². The Morgan fingerprint density at radius 3 is 1.47 bits per heavy atom. The SMILES string of the molecule is C=C1C[C@@]23CC[C@H]4[C@@](C)(CCC[C@@]4(C)C(=O)O[C@@H]4O[C@H](CO)[C@@H](O)[C@H](O)[C@H]4O)[C@@H]2CC[C@]1(O[C@@H]1O[C@H](CO[C@H]2O[C@H](CO)[C@@H](O)[C@H](O)[C@H]2O)[C@@H](O)[C@H](O)[C@H]1O[C@@H]1O[C@H](CO[C@H]2O[C@H](CO)[C@@H](O)[C@H](O)[C@H]2O)[C@@H](O)[C@H](O)[C@H]1O)C3. The second-order valence-corrected chi connectivity index (χ2v) is 23.7. The molecular formula is C50H80O28. The Hall–Kier alpha value is -1.83. The molecule has 0 aromatic rings. The van der Waals surface area contributed by atoms with Crippen molar-refractivity contribution in [2.75, 3.05) is 33.0 Å². The maximum Gasteiger partial charge on any atom is 0.314 e. The minimum atomic E-state index is -2.05. The number of ether oxygens (including phenoxy) is 10. The van der Waals surface area contributed by atoms with E-state index < -0.39 is 214 Å². The molecular weight excluding hydrogens is 1050 g/mol. The minimum absolute atomic E-state index is 0.0216. The van der Waals surface area contributed by atoms with Crippen molar-refractivity contribution in [2.24, 2.45) is 28.1 Å². The van der Waals surface area contributed by atoms with Crippen LogP contribution in [0.1, 0.15) is 71.6 Å². The molecule has 5 saturated heterocycles. The Kier molecular flexibility index (Phi) is 18.2. The van der Waals surface area contributed by atoms with Crippen LogP contribution in [-0.2, 0) is 52.2 Å². The molecule has 0 amide bonds. The Morgan fingerprint density at radius 1 is 0.513 bits per heavy atom. The summed E-state index contributed by atoms with van der Waals surface area (Å²) < 4.78 is 59.1. The van der Waals surface area contributed by atoms with Crippen LogP contribution in [0.5, 0.6) is 0 Å². The van der Waals surface area contributed by atoms with Crippen LogP contribution in [0.15, 0.2) is 12.2 Å². The summed E-state index contributed by atoms with van der Waals surface area (Å²) >= 11 is 0. The average Bonchev–Trinajstić information content (AvgIpc) is 3.79. The molecule has 2 bridgehead atoms. The van der Waals surface area contributed by atoms with E-state index in [2.05, 4.69) is 13.5 Å². The van der Waals surface area contributed by atoms with Crippen molar-refractivity contribution < 1.29 is 139 Å². The van der Waals surface area contributed by atoms with Gasteiger partial charge < -0.3 is 134 Å². The van der Waals surface area contributed by atoms with Gasteiger partial charge in [-0.15, -0.1) is 0 Å². The summed E-state index contributed by atoms with van der Waals surface area (Å²) in [5, 5.41) is 180. The van der Waals surface area contributed by atoms with E-state index >= 15 is 0 Å². The third kappa shape index (κ3) is 10.5. The standard InChI is InChI=1S/C50H80O28/c1-18-11-49-9-5-24-47(2,7-4-8-48(24,3)46(68)77-44-39(67)33(61)28(56)21(14-53)73-44)25(49)6-10-50(18,17-49)78-45-40(35(63)30(58)23(75-45)16-70-42-37(65)32(60)27(55)20(13-52)72-42)76-43-38(66)34(62)29(57)22(74-43)15-69-41-36(64)31(59)26(54)19(12-51)71-41/h19-45,51-67H,1,4-17H2,2-3H3/t19-,20-,21-,22-,23-,24+,25+,26-,27-,28-,29-,30-,31+,32+,33+,34+,35+,36-,37-,38-,39-,40-,41+,42+,43+,44+,45+,47-,48-,49-,50+/m1/s1. The molecule has 0 unspecified atom stereocenters. The van der Waals surface area contributed by atoms with E-state index in [4.69, 9.17) is 47.4 Å². The smallest absolute Gasteiger partial charge is 0.314 e. The first-order chi connectivity index (χ1) is 36.8. The molecule has 4 saturated carbocycles. The third-order valence-corrected chi connectivity index (χ3v) is 19.2. The maximum atomic E-state index is 14.4. The van der Waals surface area contributed by atoms with Gasteiger partial charge in [0.1, 0.15) is 122 Å². The molecule has 0 aromatic carbocycles. The van der Waals surface area contributed by atoms with E-state index in [-0.39, 0.29) is 11.8 Å². The van der Waals surface area contributed by atoms with E-state index in [0.29, 0.717) is 56.9 Å². The number of hydrogen-bond donors (Lipinski definition) is 17. The molecule has 5 heterocycles. The van der Waals surface area contributed by atoms with Crippen molar-refractivity contribution in [3.8, 4) is 0 Å². The number of aliphatic hydroxyl groups is 17. The van der Waals surface area contributed by atoms with Crippen molar-refractivity contribution in [3.05, 3.63) is 12.2 Å². The number of esters is 1. The Labute approximate surface area is 448 Å². The van der Waals surface area contributed by atoms with Gasteiger partial charge in [0.05, 0.1) is 44.1 Å². The molecule has 5 aliphatic heterocycles. The summed E-state index contributed by atoms with van der Waals surface area (Å²) in [4.78, 5) is 14.4. The zero-order chi connectivity index (χ0) is 56.7. The van der Waals surface area contributed by atoms with Crippen molar-refractivity contribution in [3.63, 3.8) is 0 Å². The molecule has 9 rings (SSSR count). The number of aliphatic hydroxyl groups excluding tert-OH is 17. The predicted octanol–water partition coefficient (Wildman–Crippen LogP) is -7.29. The third-order valence-electron chi connectivity index (χ3n) is 19.2. The molecule has 4 aliphatic carbocycles. The summed E-state index contributed by atoms with van der Waals surface area (Å²) in [6.07, 6.45) is -38.8. The molecule has 78 heavy (non-hydrogen) atoms. The van der Waals surface area contributed by atoms with Crippen molar-refractivity contribution in [2.45, 2.75) is 231 Å². The first kappa shape index (κ1) is 60.8. The molecule has 0 aromatic heterocycles. The first-order valence-corrected chi connectivity index (χ1v) is 26.9. The van der Waals surface area contributed by atoms with Crippen LogP contribution in [-0.4, -0.2) is 285 Å². The van der Waals surface area contributed by atoms with Gasteiger partial charge in [0.15, 0.2) is 25.2 Å². The minimum Gasteiger partial charge on any atom is -0.432 e. The monoisotopic (exact) mass is 1130 g/mol. The Balaban J connectivity index is 0.949. The molecule has 9 aliphatic rings. The van der Waals surface area contributed by atoms with Crippen molar-refractivity contribution in [1.82, 2.24) is 0 Å². The quantitative estimate of drug-likeness (QED) is 0.0411.